The summed E-state index contributed by atoms with van der Waals surface area (Å²) in [5, 5.41) is 0. The Balaban J connectivity index is 0.00000208. The number of nitrogens with zero attached hydrogens (tertiary/aromatic N) is 3. The minimum Gasteiger partial charge on any atom is -0.370 e. The zero-order valence-electron chi connectivity index (χ0n) is 14.4. The molecule has 1 aromatic rings. The molecule has 2 saturated heterocycles. The van der Waals surface area contributed by atoms with E-state index in [9.17, 15) is 0 Å². The van der Waals surface area contributed by atoms with Gasteiger partial charge in [-0.2, -0.15) is 11.8 Å². The van der Waals surface area contributed by atoms with Gasteiger partial charge in [-0.05, 0) is 24.8 Å². The molecular weight excluding hydrogens is 431 g/mol. The second kappa shape index (κ2) is 9.87. The summed E-state index contributed by atoms with van der Waals surface area (Å²) in [6.07, 6.45) is 1.22. The van der Waals surface area contributed by atoms with Crippen LogP contribution in [0.3, 0.4) is 0 Å². The fourth-order valence-electron chi connectivity index (χ4n) is 3.50. The van der Waals surface area contributed by atoms with Crippen molar-refractivity contribution < 1.29 is 0 Å². The maximum Gasteiger partial charge on any atom is 0.191 e. The molecule has 2 heterocycles. The minimum absolute atomic E-state index is 0. The van der Waals surface area contributed by atoms with E-state index in [2.05, 4.69) is 47.1 Å². The molecule has 0 saturated carbocycles. The molecule has 24 heavy (non-hydrogen) atoms. The molecule has 0 bridgehead atoms. The van der Waals surface area contributed by atoms with E-state index in [-0.39, 0.29) is 24.0 Å². The molecule has 1 aromatic carbocycles. The van der Waals surface area contributed by atoms with Crippen LogP contribution in [0, 0.1) is 5.92 Å². The van der Waals surface area contributed by atoms with Gasteiger partial charge in [0.05, 0.1) is 0 Å². The standard InChI is InChI=1S/C18H28N4S.HI/c1-15-11-17(12-20-18(19)21-7-9-23-10-8-21)14-22(15)13-16-5-3-2-4-6-16;/h2-6,15,17H,7-14H2,1H3,(H2,19,20);1H. The Morgan fingerprint density at radius 1 is 1.25 bits per heavy atom. The summed E-state index contributed by atoms with van der Waals surface area (Å²) in [6, 6.07) is 11.4. The number of benzene rings is 1. The molecule has 2 aliphatic rings. The second-order valence-corrected chi connectivity index (χ2v) is 7.89. The summed E-state index contributed by atoms with van der Waals surface area (Å²) < 4.78 is 0. The van der Waals surface area contributed by atoms with Crippen LogP contribution in [-0.2, 0) is 6.54 Å². The van der Waals surface area contributed by atoms with Gasteiger partial charge >= 0.3 is 0 Å². The Labute approximate surface area is 167 Å². The van der Waals surface area contributed by atoms with Crippen molar-refractivity contribution in [3.8, 4) is 0 Å². The zero-order chi connectivity index (χ0) is 16.1. The average molecular weight is 460 g/mol. The van der Waals surface area contributed by atoms with Gasteiger partial charge in [0.1, 0.15) is 0 Å². The predicted octanol–water partition coefficient (Wildman–Crippen LogP) is 2.88. The van der Waals surface area contributed by atoms with Crippen LogP contribution in [-0.4, -0.2) is 59.5 Å². The van der Waals surface area contributed by atoms with E-state index in [1.807, 2.05) is 11.8 Å². The Kier molecular flexibility index (Phi) is 8.16. The van der Waals surface area contributed by atoms with Gasteiger partial charge in [0.25, 0.3) is 0 Å². The lowest BCUT2D eigenvalue weighted by atomic mass is 10.1. The summed E-state index contributed by atoms with van der Waals surface area (Å²) in [4.78, 5) is 9.50. The molecule has 2 fully saturated rings. The molecule has 0 amide bonds. The maximum atomic E-state index is 6.17. The van der Waals surface area contributed by atoms with Crippen molar-refractivity contribution in [3.05, 3.63) is 35.9 Å². The van der Waals surface area contributed by atoms with Crippen LogP contribution in [0.25, 0.3) is 0 Å². The van der Waals surface area contributed by atoms with Gasteiger partial charge < -0.3 is 10.6 Å². The van der Waals surface area contributed by atoms with Crippen molar-refractivity contribution in [1.29, 1.82) is 0 Å². The highest BCUT2D eigenvalue weighted by atomic mass is 127. The molecule has 0 radical (unpaired) electrons. The molecule has 0 spiro atoms. The SMILES string of the molecule is CC1CC(CN=C(N)N2CCSCC2)CN1Cc1ccccc1.I. The number of aliphatic imine (C=N–C) groups is 1. The molecule has 0 aliphatic carbocycles. The van der Waals surface area contributed by atoms with Gasteiger partial charge in [0.15, 0.2) is 5.96 Å². The number of thioether (sulfide) groups is 1. The fraction of sp³-hybridized carbons (Fsp3) is 0.611. The first-order chi connectivity index (χ1) is 11.2. The van der Waals surface area contributed by atoms with E-state index in [0.29, 0.717) is 12.0 Å². The monoisotopic (exact) mass is 460 g/mol. The third-order valence-corrected chi connectivity index (χ3v) is 5.81. The number of halogens is 1. The molecule has 134 valence electrons. The van der Waals surface area contributed by atoms with E-state index in [1.165, 1.54) is 23.5 Å². The number of nitrogens with two attached hydrogens (primary N) is 1. The smallest absolute Gasteiger partial charge is 0.191 e. The lowest BCUT2D eigenvalue weighted by Gasteiger charge is -2.27. The number of likely N-dealkylation sites (tertiary alicyclic amines) is 1. The van der Waals surface area contributed by atoms with Crippen molar-refractivity contribution >= 4 is 41.7 Å². The van der Waals surface area contributed by atoms with E-state index in [4.69, 9.17) is 10.7 Å². The third kappa shape index (κ3) is 5.52. The summed E-state index contributed by atoms with van der Waals surface area (Å²) in [6.45, 7) is 7.45. The van der Waals surface area contributed by atoms with Crippen LogP contribution >= 0.6 is 35.7 Å². The van der Waals surface area contributed by atoms with Gasteiger partial charge in [0.2, 0.25) is 0 Å². The van der Waals surface area contributed by atoms with E-state index in [1.54, 1.807) is 0 Å². The number of guanidine groups is 1. The van der Waals surface area contributed by atoms with Gasteiger partial charge in [-0.15, -0.1) is 24.0 Å². The first-order valence-electron chi connectivity index (χ1n) is 8.63. The summed E-state index contributed by atoms with van der Waals surface area (Å²) in [5.41, 5.74) is 7.57. The highest BCUT2D eigenvalue weighted by Crippen LogP contribution is 2.25. The molecular formula is C18H29IN4S. The van der Waals surface area contributed by atoms with Gasteiger partial charge in [-0.1, -0.05) is 30.3 Å². The number of hydrogen-bond donors (Lipinski definition) is 1. The highest BCUT2D eigenvalue weighted by Gasteiger charge is 2.28. The van der Waals surface area contributed by atoms with Crippen LogP contribution in [0.1, 0.15) is 18.9 Å². The van der Waals surface area contributed by atoms with Crippen molar-refractivity contribution in [1.82, 2.24) is 9.80 Å². The van der Waals surface area contributed by atoms with Gasteiger partial charge in [0, 0.05) is 50.3 Å². The Morgan fingerprint density at radius 2 is 1.96 bits per heavy atom. The van der Waals surface area contributed by atoms with Crippen LogP contribution in [0.5, 0.6) is 0 Å². The predicted molar refractivity (Wildman–Crippen MR) is 115 cm³/mol. The Hall–Kier alpha value is -0.470. The molecule has 0 aromatic heterocycles. The van der Waals surface area contributed by atoms with Crippen molar-refractivity contribution in [2.75, 3.05) is 37.7 Å². The Bertz CT molecular complexity index is 519. The van der Waals surface area contributed by atoms with E-state index in [0.717, 1.165) is 38.7 Å². The zero-order valence-corrected chi connectivity index (χ0v) is 17.6. The van der Waals surface area contributed by atoms with Crippen LogP contribution < -0.4 is 5.73 Å². The first-order valence-corrected chi connectivity index (χ1v) is 9.78. The van der Waals surface area contributed by atoms with Crippen LogP contribution in [0.4, 0.5) is 0 Å². The van der Waals surface area contributed by atoms with Crippen LogP contribution in [0.15, 0.2) is 35.3 Å². The Morgan fingerprint density at radius 3 is 2.67 bits per heavy atom. The largest absolute Gasteiger partial charge is 0.370 e. The summed E-state index contributed by atoms with van der Waals surface area (Å²) in [5.74, 6) is 3.72. The van der Waals surface area contributed by atoms with Gasteiger partial charge in [-0.25, -0.2) is 0 Å². The van der Waals surface area contributed by atoms with Crippen LogP contribution in [0.2, 0.25) is 0 Å². The lowest BCUT2D eigenvalue weighted by molar-refractivity contribution is 0.256. The van der Waals surface area contributed by atoms with Crippen molar-refractivity contribution in [2.24, 2.45) is 16.6 Å². The molecule has 4 nitrogen and oxygen atoms in total. The molecule has 2 N–H and O–H groups in total. The molecule has 6 heteroatoms. The summed E-state index contributed by atoms with van der Waals surface area (Å²) in [7, 11) is 0. The van der Waals surface area contributed by atoms with Gasteiger partial charge in [-0.3, -0.25) is 9.89 Å². The van der Waals surface area contributed by atoms with Crippen molar-refractivity contribution in [2.45, 2.75) is 25.9 Å². The lowest BCUT2D eigenvalue weighted by Crippen LogP contribution is -2.43. The van der Waals surface area contributed by atoms with E-state index < -0.39 is 0 Å². The molecule has 2 aliphatic heterocycles. The third-order valence-electron chi connectivity index (χ3n) is 4.87. The quantitative estimate of drug-likeness (QED) is 0.427. The second-order valence-electron chi connectivity index (χ2n) is 6.66. The minimum atomic E-state index is 0. The first kappa shape index (κ1) is 19.8. The maximum absolute atomic E-state index is 6.17. The highest BCUT2D eigenvalue weighted by molar-refractivity contribution is 14.0. The number of hydrogen-bond acceptors (Lipinski definition) is 3. The van der Waals surface area contributed by atoms with Crippen molar-refractivity contribution in [3.63, 3.8) is 0 Å². The molecule has 2 atom stereocenters. The fourth-order valence-corrected chi connectivity index (χ4v) is 4.41. The average Bonchev–Trinajstić information content (AvgIpc) is 2.94. The van der Waals surface area contributed by atoms with E-state index >= 15 is 0 Å². The summed E-state index contributed by atoms with van der Waals surface area (Å²) >= 11 is 2.00. The molecule has 2 unspecified atom stereocenters. The number of rotatable bonds is 4. The molecule has 3 rings (SSSR count). The normalized spacial score (nSPS) is 25.5. The topological polar surface area (TPSA) is 44.9 Å².